The predicted molar refractivity (Wildman–Crippen MR) is 92.5 cm³/mol. The lowest BCUT2D eigenvalue weighted by molar-refractivity contribution is 0.464. The zero-order valence-electron chi connectivity index (χ0n) is 11.7. The molecule has 0 aromatic carbocycles. The van der Waals surface area contributed by atoms with E-state index < -0.39 is 10.0 Å². The van der Waals surface area contributed by atoms with Crippen LogP contribution in [0.2, 0.25) is 0 Å². The molecule has 2 N–H and O–H groups in total. The molecule has 0 aliphatic carbocycles. The quantitative estimate of drug-likeness (QED) is 0.712. The number of hydrogen-bond acceptors (Lipinski definition) is 6. The zero-order chi connectivity index (χ0) is 15.3. The summed E-state index contributed by atoms with van der Waals surface area (Å²) in [6, 6.07) is 1.57. The van der Waals surface area contributed by atoms with Crippen LogP contribution < -0.4 is 10.0 Å². The van der Waals surface area contributed by atoms with E-state index >= 15 is 0 Å². The van der Waals surface area contributed by atoms with Crippen molar-refractivity contribution in [3.05, 3.63) is 16.5 Å². The molecule has 9 heteroatoms. The Labute approximate surface area is 142 Å². The Morgan fingerprint density at radius 2 is 2.29 bits per heavy atom. The number of rotatable bonds is 7. The summed E-state index contributed by atoms with van der Waals surface area (Å²) in [6.45, 7) is 3.76. The summed E-state index contributed by atoms with van der Waals surface area (Å²) in [7, 11) is -3.54. The number of sulfonamides is 1. The van der Waals surface area contributed by atoms with Crippen molar-refractivity contribution in [1.82, 2.24) is 10.0 Å². The van der Waals surface area contributed by atoms with Gasteiger partial charge in [-0.3, -0.25) is 0 Å². The van der Waals surface area contributed by atoms with Gasteiger partial charge < -0.3 is 9.73 Å². The van der Waals surface area contributed by atoms with Gasteiger partial charge in [0.25, 0.3) is 0 Å². The summed E-state index contributed by atoms with van der Waals surface area (Å²) >= 11 is 6.89. The van der Waals surface area contributed by atoms with E-state index in [0.717, 1.165) is 23.8 Å². The van der Waals surface area contributed by atoms with Crippen molar-refractivity contribution in [2.24, 2.45) is 0 Å². The van der Waals surface area contributed by atoms with Gasteiger partial charge in [-0.1, -0.05) is 6.92 Å². The maximum atomic E-state index is 12.3. The first-order valence-corrected chi connectivity index (χ1v) is 11.2. The van der Waals surface area contributed by atoms with Crippen LogP contribution in [-0.2, 0) is 16.6 Å². The second-order valence-corrected chi connectivity index (χ2v) is 9.56. The highest BCUT2D eigenvalue weighted by atomic mass is 79.9. The normalized spacial score (nSPS) is 19.8. The topological polar surface area (TPSA) is 71.3 Å². The molecule has 2 heterocycles. The molecule has 1 fully saturated rings. The summed E-state index contributed by atoms with van der Waals surface area (Å²) in [5, 5.41) is 3.44. The van der Waals surface area contributed by atoms with Crippen LogP contribution in [0.5, 0.6) is 0 Å². The van der Waals surface area contributed by atoms with Gasteiger partial charge in [0.05, 0.1) is 6.54 Å². The van der Waals surface area contributed by atoms with Gasteiger partial charge >= 0.3 is 0 Å². The minimum absolute atomic E-state index is 0.170. The molecule has 1 aromatic heterocycles. The molecule has 0 amide bonds. The summed E-state index contributed by atoms with van der Waals surface area (Å²) < 4.78 is 33.1. The molecular formula is C12H19BrN2O3S3. The third-order valence-corrected chi connectivity index (χ3v) is 8.06. The highest BCUT2D eigenvalue weighted by Gasteiger charge is 2.24. The van der Waals surface area contributed by atoms with Crippen molar-refractivity contribution in [3.63, 3.8) is 0 Å². The summed E-state index contributed by atoms with van der Waals surface area (Å²) in [6.07, 6.45) is 0. The summed E-state index contributed by atoms with van der Waals surface area (Å²) in [5.74, 6) is 3.83. The number of nitrogens with one attached hydrogen (secondary N) is 2. The number of furan rings is 1. The van der Waals surface area contributed by atoms with Crippen LogP contribution in [0.15, 0.2) is 20.0 Å². The molecule has 120 valence electrons. The summed E-state index contributed by atoms with van der Waals surface area (Å²) in [4.78, 5) is 0.170. The van der Waals surface area contributed by atoms with Crippen LogP contribution in [0, 0.1) is 0 Å². The number of hydrogen-bond donors (Lipinski definition) is 2. The predicted octanol–water partition coefficient (Wildman–Crippen LogP) is 2.28. The molecule has 1 saturated heterocycles. The van der Waals surface area contributed by atoms with E-state index in [1.54, 1.807) is 6.07 Å². The van der Waals surface area contributed by atoms with Gasteiger partial charge in [0.2, 0.25) is 10.0 Å². The smallest absolute Gasteiger partial charge is 0.245 e. The Hall–Kier alpha value is 0.330. The van der Waals surface area contributed by atoms with E-state index in [9.17, 15) is 8.42 Å². The monoisotopic (exact) mass is 414 g/mol. The maximum absolute atomic E-state index is 12.3. The zero-order valence-corrected chi connectivity index (χ0v) is 15.8. The lowest BCUT2D eigenvalue weighted by Gasteiger charge is -2.20. The van der Waals surface area contributed by atoms with Crippen LogP contribution in [-0.4, -0.2) is 44.0 Å². The first-order chi connectivity index (χ1) is 10.0. The first-order valence-electron chi connectivity index (χ1n) is 6.71. The molecule has 1 aliphatic heterocycles. The van der Waals surface area contributed by atoms with Crippen LogP contribution in [0.1, 0.15) is 12.7 Å². The largest absolute Gasteiger partial charge is 0.452 e. The molecule has 1 atom stereocenters. The van der Waals surface area contributed by atoms with Gasteiger partial charge in [0, 0.05) is 35.1 Å². The highest BCUT2D eigenvalue weighted by molar-refractivity contribution is 9.10. The molecular weight excluding hydrogens is 396 g/mol. The van der Waals surface area contributed by atoms with Crippen LogP contribution in [0.25, 0.3) is 0 Å². The third-order valence-electron chi connectivity index (χ3n) is 2.93. The van der Waals surface area contributed by atoms with Gasteiger partial charge in [-0.15, -0.1) is 0 Å². The first kappa shape index (κ1) is 17.7. The van der Waals surface area contributed by atoms with Crippen molar-refractivity contribution < 1.29 is 12.8 Å². The standard InChI is InChI=1S/C12H19BrN2O3S3/c1-2-14-6-9-5-11(12(13)18-9)21(16,17)15-7-10-8-19-3-4-20-10/h5,10,14-15H,2-4,6-8H2,1H3. The minimum Gasteiger partial charge on any atom is -0.452 e. The maximum Gasteiger partial charge on any atom is 0.245 e. The van der Waals surface area contributed by atoms with E-state index in [-0.39, 0.29) is 9.56 Å². The third kappa shape index (κ3) is 5.18. The van der Waals surface area contributed by atoms with E-state index in [4.69, 9.17) is 4.42 Å². The fourth-order valence-electron chi connectivity index (χ4n) is 1.85. The van der Waals surface area contributed by atoms with Gasteiger partial charge in [-0.05, 0) is 22.5 Å². The molecule has 0 saturated carbocycles. The Bertz CT molecular complexity index is 556. The minimum atomic E-state index is -3.54. The fraction of sp³-hybridized carbons (Fsp3) is 0.667. The van der Waals surface area contributed by atoms with E-state index in [2.05, 4.69) is 26.0 Å². The van der Waals surface area contributed by atoms with Crippen molar-refractivity contribution in [2.75, 3.05) is 30.3 Å². The lowest BCUT2D eigenvalue weighted by atomic mass is 10.4. The van der Waals surface area contributed by atoms with Crippen LogP contribution >= 0.6 is 39.5 Å². The molecule has 1 unspecified atom stereocenters. The molecule has 0 radical (unpaired) electrons. The van der Waals surface area contributed by atoms with Crippen molar-refractivity contribution >= 4 is 49.5 Å². The molecule has 0 spiro atoms. The molecule has 0 bridgehead atoms. The second kappa shape index (κ2) is 8.26. The number of halogens is 1. The van der Waals surface area contributed by atoms with Crippen molar-refractivity contribution in [1.29, 1.82) is 0 Å². The number of thioether (sulfide) groups is 2. The van der Waals surface area contributed by atoms with E-state index in [1.807, 2.05) is 30.4 Å². The van der Waals surface area contributed by atoms with Gasteiger partial charge in [0.15, 0.2) is 4.67 Å². The molecule has 5 nitrogen and oxygen atoms in total. The van der Waals surface area contributed by atoms with Gasteiger partial charge in [-0.25, -0.2) is 13.1 Å². The Morgan fingerprint density at radius 1 is 1.48 bits per heavy atom. The Balaban J connectivity index is 1.99. The molecule has 21 heavy (non-hydrogen) atoms. The molecule has 1 aromatic rings. The molecule has 2 rings (SSSR count). The van der Waals surface area contributed by atoms with Crippen molar-refractivity contribution in [2.45, 2.75) is 23.6 Å². The Kier molecular flexibility index (Phi) is 6.95. The van der Waals surface area contributed by atoms with Crippen LogP contribution in [0.3, 0.4) is 0 Å². The molecule has 1 aliphatic rings. The van der Waals surface area contributed by atoms with Crippen molar-refractivity contribution in [3.8, 4) is 0 Å². The highest BCUT2D eigenvalue weighted by Crippen LogP contribution is 2.27. The second-order valence-electron chi connectivity index (χ2n) is 4.55. The van der Waals surface area contributed by atoms with Gasteiger partial charge in [-0.2, -0.15) is 23.5 Å². The van der Waals surface area contributed by atoms with Crippen LogP contribution in [0.4, 0.5) is 0 Å². The van der Waals surface area contributed by atoms with E-state index in [1.165, 1.54) is 0 Å². The average molecular weight is 415 g/mol. The summed E-state index contributed by atoms with van der Waals surface area (Å²) in [5.41, 5.74) is 0. The van der Waals surface area contributed by atoms with E-state index in [0.29, 0.717) is 24.1 Å². The average Bonchev–Trinajstić information content (AvgIpc) is 2.86. The Morgan fingerprint density at radius 3 is 2.95 bits per heavy atom. The SMILES string of the molecule is CCNCc1cc(S(=O)(=O)NCC2CSCCS2)c(Br)o1. The fourth-order valence-corrected chi connectivity index (χ4v) is 6.65. The van der Waals surface area contributed by atoms with Gasteiger partial charge in [0.1, 0.15) is 10.7 Å². The lowest BCUT2D eigenvalue weighted by Crippen LogP contribution is -2.33.